The number of carbonyl (C=O) groups is 2. The summed E-state index contributed by atoms with van der Waals surface area (Å²) in [7, 11) is 0. The molecule has 0 radical (unpaired) electrons. The average molecular weight is 368 g/mol. The molecule has 28 heavy (non-hydrogen) atoms. The van der Waals surface area contributed by atoms with Crippen LogP contribution in [0, 0.1) is 5.92 Å². The second-order valence-corrected chi connectivity index (χ2v) is 6.88. The molecule has 0 saturated heterocycles. The van der Waals surface area contributed by atoms with E-state index in [4.69, 9.17) is 4.74 Å². The predicted molar refractivity (Wildman–Crippen MR) is 108 cm³/mol. The SMILES string of the molecule is O=C(C1=C(c2ccccc2)OC(=O)C(Cc2ccccc2)C1)c1ccccc1. The zero-order valence-corrected chi connectivity index (χ0v) is 15.4. The number of ketones is 1. The minimum atomic E-state index is -0.377. The van der Waals surface area contributed by atoms with Crippen LogP contribution in [-0.4, -0.2) is 11.8 Å². The molecular formula is C25H20O3. The number of carbonyl (C=O) groups excluding carboxylic acids is 2. The summed E-state index contributed by atoms with van der Waals surface area (Å²) in [6.45, 7) is 0. The van der Waals surface area contributed by atoms with Crippen LogP contribution < -0.4 is 0 Å². The molecule has 0 aromatic heterocycles. The van der Waals surface area contributed by atoms with E-state index in [2.05, 4.69) is 0 Å². The first-order valence-corrected chi connectivity index (χ1v) is 9.36. The van der Waals surface area contributed by atoms with Crippen molar-refractivity contribution in [1.82, 2.24) is 0 Å². The lowest BCUT2D eigenvalue weighted by atomic mass is 9.85. The van der Waals surface area contributed by atoms with Gasteiger partial charge in [0.1, 0.15) is 5.76 Å². The van der Waals surface area contributed by atoms with Crippen LogP contribution in [0.5, 0.6) is 0 Å². The molecule has 0 spiro atoms. The molecule has 0 aliphatic carbocycles. The van der Waals surface area contributed by atoms with Gasteiger partial charge < -0.3 is 4.74 Å². The van der Waals surface area contributed by atoms with Crippen molar-refractivity contribution in [2.45, 2.75) is 12.8 Å². The maximum atomic E-state index is 13.2. The quantitative estimate of drug-likeness (QED) is 0.466. The van der Waals surface area contributed by atoms with Crippen molar-refractivity contribution in [2.75, 3.05) is 0 Å². The molecular weight excluding hydrogens is 348 g/mol. The highest BCUT2D eigenvalue weighted by Gasteiger charge is 2.34. The van der Waals surface area contributed by atoms with Gasteiger partial charge in [-0.05, 0) is 18.4 Å². The number of rotatable bonds is 5. The van der Waals surface area contributed by atoms with Crippen molar-refractivity contribution < 1.29 is 14.3 Å². The molecule has 1 unspecified atom stereocenters. The standard InChI is InChI=1S/C25H20O3/c26-23(19-12-6-2-7-13-19)22-17-21(16-18-10-4-1-5-11-18)25(27)28-24(22)20-14-8-3-9-15-20/h1-15,21H,16-17H2. The monoisotopic (exact) mass is 368 g/mol. The van der Waals surface area contributed by atoms with Crippen LogP contribution in [0.15, 0.2) is 96.6 Å². The average Bonchev–Trinajstić information content (AvgIpc) is 2.76. The van der Waals surface area contributed by atoms with Crippen molar-refractivity contribution in [3.63, 3.8) is 0 Å². The number of benzene rings is 3. The first kappa shape index (κ1) is 17.9. The Bertz CT molecular complexity index is 1010. The van der Waals surface area contributed by atoms with E-state index in [0.29, 0.717) is 29.7 Å². The fraction of sp³-hybridized carbons (Fsp3) is 0.120. The van der Waals surface area contributed by atoms with Crippen LogP contribution in [0.1, 0.15) is 27.9 Å². The molecule has 1 aliphatic rings. The van der Waals surface area contributed by atoms with Crippen LogP contribution >= 0.6 is 0 Å². The van der Waals surface area contributed by atoms with Crippen molar-refractivity contribution in [3.8, 4) is 0 Å². The Kier molecular flexibility index (Phi) is 5.16. The number of Topliss-reactive ketones (excluding diaryl/α,β-unsaturated/α-hetero) is 1. The second kappa shape index (κ2) is 8.05. The highest BCUT2D eigenvalue weighted by Crippen LogP contribution is 2.34. The summed E-state index contributed by atoms with van der Waals surface area (Å²) in [6.07, 6.45) is 0.916. The lowest BCUT2D eigenvalue weighted by Gasteiger charge is -2.26. The summed E-state index contributed by atoms with van der Waals surface area (Å²) in [5, 5.41) is 0. The fourth-order valence-corrected chi connectivity index (χ4v) is 3.50. The summed E-state index contributed by atoms with van der Waals surface area (Å²) in [5.74, 6) is -0.376. The molecule has 0 amide bonds. The molecule has 3 heteroatoms. The smallest absolute Gasteiger partial charge is 0.315 e. The maximum Gasteiger partial charge on any atom is 0.315 e. The molecule has 1 heterocycles. The van der Waals surface area contributed by atoms with E-state index in [-0.39, 0.29) is 17.7 Å². The Balaban J connectivity index is 1.73. The highest BCUT2D eigenvalue weighted by atomic mass is 16.5. The molecule has 3 nitrogen and oxygen atoms in total. The van der Waals surface area contributed by atoms with E-state index in [1.807, 2.05) is 78.9 Å². The topological polar surface area (TPSA) is 43.4 Å². The minimum Gasteiger partial charge on any atom is -0.425 e. The number of ether oxygens (including phenoxy) is 1. The van der Waals surface area contributed by atoms with Crippen LogP contribution in [0.3, 0.4) is 0 Å². The number of cyclic esters (lactones) is 1. The van der Waals surface area contributed by atoms with Gasteiger partial charge in [0.2, 0.25) is 0 Å². The first-order valence-electron chi connectivity index (χ1n) is 9.36. The predicted octanol–water partition coefficient (Wildman–Crippen LogP) is 5.09. The molecule has 3 aromatic rings. The van der Waals surface area contributed by atoms with E-state index in [1.165, 1.54) is 0 Å². The van der Waals surface area contributed by atoms with Crippen molar-refractivity contribution in [3.05, 3.63) is 113 Å². The van der Waals surface area contributed by atoms with Crippen LogP contribution in [0.4, 0.5) is 0 Å². The fourth-order valence-electron chi connectivity index (χ4n) is 3.50. The van der Waals surface area contributed by atoms with Gasteiger partial charge >= 0.3 is 5.97 Å². The van der Waals surface area contributed by atoms with Gasteiger partial charge in [0.05, 0.1) is 5.92 Å². The van der Waals surface area contributed by atoms with Gasteiger partial charge in [-0.1, -0.05) is 91.0 Å². The third-order valence-electron chi connectivity index (χ3n) is 4.93. The number of hydrogen-bond acceptors (Lipinski definition) is 3. The molecule has 0 N–H and O–H groups in total. The third kappa shape index (κ3) is 3.79. The second-order valence-electron chi connectivity index (χ2n) is 6.88. The van der Waals surface area contributed by atoms with Crippen LogP contribution in [-0.2, 0) is 16.0 Å². The summed E-state index contributed by atoms with van der Waals surface area (Å²) in [6, 6.07) is 28.3. The zero-order valence-electron chi connectivity index (χ0n) is 15.4. The van der Waals surface area contributed by atoms with Gasteiger partial charge in [-0.2, -0.15) is 0 Å². The largest absolute Gasteiger partial charge is 0.425 e. The van der Waals surface area contributed by atoms with E-state index in [1.54, 1.807) is 12.1 Å². The maximum absolute atomic E-state index is 13.2. The van der Waals surface area contributed by atoms with Gasteiger partial charge in [0.25, 0.3) is 0 Å². The van der Waals surface area contributed by atoms with E-state index in [9.17, 15) is 9.59 Å². The Hall–Kier alpha value is -3.46. The highest BCUT2D eigenvalue weighted by molar-refractivity contribution is 6.14. The van der Waals surface area contributed by atoms with Gasteiger partial charge in [0.15, 0.2) is 5.78 Å². The van der Waals surface area contributed by atoms with Gasteiger partial charge in [-0.15, -0.1) is 0 Å². The first-order chi connectivity index (χ1) is 13.7. The van der Waals surface area contributed by atoms with Gasteiger partial charge in [0, 0.05) is 16.7 Å². The molecule has 4 rings (SSSR count). The molecule has 0 bridgehead atoms. The lowest BCUT2D eigenvalue weighted by molar-refractivity contribution is -0.142. The number of allylic oxidation sites excluding steroid dienone is 1. The van der Waals surface area contributed by atoms with E-state index < -0.39 is 0 Å². The molecule has 1 aliphatic heterocycles. The minimum absolute atomic E-state index is 0.0926. The van der Waals surface area contributed by atoms with Gasteiger partial charge in [-0.3, -0.25) is 9.59 Å². The van der Waals surface area contributed by atoms with E-state index in [0.717, 1.165) is 11.1 Å². The Morgan fingerprint density at radius 3 is 2.04 bits per heavy atom. The Morgan fingerprint density at radius 1 is 0.821 bits per heavy atom. The Morgan fingerprint density at radius 2 is 1.39 bits per heavy atom. The summed E-state index contributed by atoms with van der Waals surface area (Å²) >= 11 is 0. The molecule has 0 saturated carbocycles. The summed E-state index contributed by atoms with van der Waals surface area (Å²) in [5.41, 5.74) is 2.95. The molecule has 3 aromatic carbocycles. The Labute approximate surface area is 164 Å². The van der Waals surface area contributed by atoms with Crippen molar-refractivity contribution in [2.24, 2.45) is 5.92 Å². The lowest BCUT2D eigenvalue weighted by Crippen LogP contribution is -2.28. The van der Waals surface area contributed by atoms with Crippen molar-refractivity contribution >= 4 is 17.5 Å². The zero-order chi connectivity index (χ0) is 19.3. The number of esters is 1. The number of hydrogen-bond donors (Lipinski definition) is 0. The van der Waals surface area contributed by atoms with E-state index >= 15 is 0 Å². The summed E-state index contributed by atoms with van der Waals surface area (Å²) < 4.78 is 5.73. The normalized spacial score (nSPS) is 16.6. The van der Waals surface area contributed by atoms with Crippen LogP contribution in [0.2, 0.25) is 0 Å². The third-order valence-corrected chi connectivity index (χ3v) is 4.93. The van der Waals surface area contributed by atoms with Crippen LogP contribution in [0.25, 0.3) is 5.76 Å². The molecule has 0 fully saturated rings. The molecule has 1 atom stereocenters. The molecule has 138 valence electrons. The summed E-state index contributed by atoms with van der Waals surface area (Å²) in [4.78, 5) is 26.0. The van der Waals surface area contributed by atoms with Crippen molar-refractivity contribution in [1.29, 1.82) is 0 Å². The van der Waals surface area contributed by atoms with Gasteiger partial charge in [-0.25, -0.2) is 0 Å².